The van der Waals surface area contributed by atoms with Gasteiger partial charge in [-0.25, -0.2) is 4.98 Å². The van der Waals surface area contributed by atoms with Crippen molar-refractivity contribution in [1.29, 1.82) is 0 Å². The van der Waals surface area contributed by atoms with Crippen molar-refractivity contribution in [2.24, 2.45) is 0 Å². The number of aromatic nitrogens is 2. The lowest BCUT2D eigenvalue weighted by atomic mass is 10.1. The van der Waals surface area contributed by atoms with Crippen LogP contribution in [-0.2, 0) is 11.3 Å². The lowest BCUT2D eigenvalue weighted by Gasteiger charge is -2.26. The Bertz CT molecular complexity index is 1090. The minimum Gasteiger partial charge on any atom is -0.484 e. The number of nitrogens with one attached hydrogen (secondary N) is 1. The maximum atomic E-state index is 12.7. The first-order valence-corrected chi connectivity index (χ1v) is 9.36. The quantitative estimate of drug-likeness (QED) is 0.623. The highest BCUT2D eigenvalue weighted by molar-refractivity contribution is 5.94. The van der Waals surface area contributed by atoms with E-state index in [4.69, 9.17) is 4.74 Å². The van der Waals surface area contributed by atoms with Crippen LogP contribution in [0.5, 0.6) is 5.75 Å². The maximum Gasteiger partial charge on any atom is 0.261 e. The van der Waals surface area contributed by atoms with Crippen LogP contribution in [0, 0.1) is 0 Å². The van der Waals surface area contributed by atoms with Gasteiger partial charge in [0, 0.05) is 11.6 Å². The summed E-state index contributed by atoms with van der Waals surface area (Å²) in [6.07, 6.45) is 0. The highest BCUT2D eigenvalue weighted by Crippen LogP contribution is 2.14. The Morgan fingerprint density at radius 3 is 2.45 bits per heavy atom. The van der Waals surface area contributed by atoms with Crippen molar-refractivity contribution in [1.82, 2.24) is 14.9 Å². The molecule has 7 nitrogen and oxygen atoms in total. The van der Waals surface area contributed by atoms with E-state index in [1.165, 1.54) is 6.92 Å². The average Bonchev–Trinajstić information content (AvgIpc) is 2.70. The van der Waals surface area contributed by atoms with Crippen LogP contribution in [0.25, 0.3) is 10.9 Å². The zero-order valence-electron chi connectivity index (χ0n) is 16.6. The van der Waals surface area contributed by atoms with E-state index in [9.17, 15) is 14.4 Å². The molecule has 3 rings (SSSR count). The Kier molecular flexibility index (Phi) is 6.07. The third-order valence-corrected chi connectivity index (χ3v) is 4.55. The molecule has 1 N–H and O–H groups in total. The molecule has 0 aliphatic heterocycles. The molecule has 0 spiro atoms. The second-order valence-corrected chi connectivity index (χ2v) is 7.01. The first-order valence-electron chi connectivity index (χ1n) is 9.36. The zero-order chi connectivity index (χ0) is 21.0. The molecule has 0 aliphatic carbocycles. The molecule has 29 heavy (non-hydrogen) atoms. The molecule has 1 heterocycles. The van der Waals surface area contributed by atoms with E-state index in [0.717, 1.165) is 0 Å². The fraction of sp³-hybridized carbons (Fsp3) is 0.273. The van der Waals surface area contributed by atoms with E-state index in [1.807, 2.05) is 19.9 Å². The van der Waals surface area contributed by atoms with Crippen LogP contribution in [-0.4, -0.2) is 39.2 Å². The fourth-order valence-electron chi connectivity index (χ4n) is 2.94. The minimum absolute atomic E-state index is 0.0320. The SMILES string of the molecule is CC(=O)c1ccc(OCC(=O)N(Cc2nc3ccccc3c(=O)[nH]2)C(C)C)cc1. The van der Waals surface area contributed by atoms with Crippen LogP contribution in [0.15, 0.2) is 53.3 Å². The van der Waals surface area contributed by atoms with Gasteiger partial charge in [0.2, 0.25) is 0 Å². The predicted octanol–water partition coefficient (Wildman–Crippen LogP) is 2.94. The molecular formula is C22H23N3O4. The van der Waals surface area contributed by atoms with Gasteiger partial charge in [0.25, 0.3) is 11.5 Å². The van der Waals surface area contributed by atoms with Crippen molar-refractivity contribution in [3.8, 4) is 5.75 Å². The van der Waals surface area contributed by atoms with E-state index < -0.39 is 0 Å². The van der Waals surface area contributed by atoms with Crippen LogP contribution >= 0.6 is 0 Å². The molecule has 0 bridgehead atoms. The number of carbonyl (C=O) groups is 2. The first kappa shape index (κ1) is 20.3. The Balaban J connectivity index is 1.71. The van der Waals surface area contributed by atoms with Crippen molar-refractivity contribution in [2.45, 2.75) is 33.4 Å². The van der Waals surface area contributed by atoms with Crippen molar-refractivity contribution in [3.05, 3.63) is 70.3 Å². The maximum absolute atomic E-state index is 12.7. The van der Waals surface area contributed by atoms with E-state index in [1.54, 1.807) is 47.4 Å². The number of hydrogen-bond acceptors (Lipinski definition) is 5. The molecule has 1 aromatic heterocycles. The number of fused-ring (bicyclic) bond motifs is 1. The van der Waals surface area contributed by atoms with Crippen LogP contribution in [0.2, 0.25) is 0 Å². The van der Waals surface area contributed by atoms with Gasteiger partial charge >= 0.3 is 0 Å². The van der Waals surface area contributed by atoms with E-state index in [2.05, 4.69) is 9.97 Å². The number of Topliss-reactive ketones (excluding diaryl/α,β-unsaturated/α-hetero) is 1. The van der Waals surface area contributed by atoms with Crippen LogP contribution < -0.4 is 10.3 Å². The summed E-state index contributed by atoms with van der Waals surface area (Å²) in [5.74, 6) is 0.660. The van der Waals surface area contributed by atoms with Gasteiger partial charge in [-0.3, -0.25) is 14.4 Å². The van der Waals surface area contributed by atoms with E-state index in [0.29, 0.717) is 28.0 Å². The predicted molar refractivity (Wildman–Crippen MR) is 110 cm³/mol. The van der Waals surface area contributed by atoms with Gasteiger partial charge < -0.3 is 14.6 Å². The second-order valence-electron chi connectivity index (χ2n) is 7.01. The Morgan fingerprint density at radius 2 is 1.79 bits per heavy atom. The van der Waals surface area contributed by atoms with Crippen molar-refractivity contribution >= 4 is 22.6 Å². The number of H-pyrrole nitrogens is 1. The lowest BCUT2D eigenvalue weighted by Crippen LogP contribution is -2.40. The van der Waals surface area contributed by atoms with Crippen LogP contribution in [0.3, 0.4) is 0 Å². The van der Waals surface area contributed by atoms with Gasteiger partial charge in [-0.1, -0.05) is 12.1 Å². The Labute approximate surface area is 168 Å². The molecule has 150 valence electrons. The number of amides is 1. The Morgan fingerprint density at radius 1 is 1.10 bits per heavy atom. The number of benzene rings is 2. The van der Waals surface area contributed by atoms with E-state index in [-0.39, 0.29) is 36.4 Å². The fourth-order valence-corrected chi connectivity index (χ4v) is 2.94. The average molecular weight is 393 g/mol. The summed E-state index contributed by atoms with van der Waals surface area (Å²) in [5, 5.41) is 0.510. The molecule has 0 radical (unpaired) electrons. The van der Waals surface area contributed by atoms with Gasteiger partial charge in [0.1, 0.15) is 11.6 Å². The summed E-state index contributed by atoms with van der Waals surface area (Å²) >= 11 is 0. The normalized spacial score (nSPS) is 10.9. The highest BCUT2D eigenvalue weighted by Gasteiger charge is 2.19. The number of ketones is 1. The minimum atomic E-state index is -0.233. The molecular weight excluding hydrogens is 370 g/mol. The second kappa shape index (κ2) is 8.68. The van der Waals surface area contributed by atoms with Gasteiger partial charge in [0.05, 0.1) is 17.4 Å². The van der Waals surface area contributed by atoms with Crippen LogP contribution in [0.1, 0.15) is 37.0 Å². The molecule has 7 heteroatoms. The lowest BCUT2D eigenvalue weighted by molar-refractivity contribution is -0.135. The van der Waals surface area contributed by atoms with Crippen molar-refractivity contribution in [3.63, 3.8) is 0 Å². The standard InChI is InChI=1S/C22H23N3O4/c1-14(2)25(12-20-23-19-7-5-4-6-18(19)22(28)24-20)21(27)13-29-17-10-8-16(9-11-17)15(3)26/h4-11,14H,12-13H2,1-3H3,(H,23,24,28). The molecule has 0 unspecified atom stereocenters. The summed E-state index contributed by atoms with van der Waals surface area (Å²) < 4.78 is 5.57. The molecule has 0 atom stereocenters. The number of nitrogens with zero attached hydrogens (tertiary/aromatic N) is 2. The Hall–Kier alpha value is -3.48. The number of para-hydroxylation sites is 1. The summed E-state index contributed by atoms with van der Waals surface area (Å²) in [4.78, 5) is 45.1. The number of carbonyl (C=O) groups excluding carboxylic acids is 2. The third-order valence-electron chi connectivity index (χ3n) is 4.55. The van der Waals surface area contributed by atoms with Gasteiger partial charge in [0.15, 0.2) is 12.4 Å². The molecule has 0 saturated heterocycles. The number of hydrogen-bond donors (Lipinski definition) is 1. The van der Waals surface area contributed by atoms with Gasteiger partial charge in [-0.15, -0.1) is 0 Å². The number of aromatic amines is 1. The number of rotatable bonds is 7. The summed E-state index contributed by atoms with van der Waals surface area (Å²) in [6.45, 7) is 5.28. The zero-order valence-corrected chi connectivity index (χ0v) is 16.6. The molecule has 0 fully saturated rings. The summed E-state index contributed by atoms with van der Waals surface area (Å²) in [5.41, 5.74) is 0.937. The summed E-state index contributed by atoms with van der Waals surface area (Å²) in [7, 11) is 0. The first-order chi connectivity index (χ1) is 13.8. The molecule has 0 saturated carbocycles. The summed E-state index contributed by atoms with van der Waals surface area (Å²) in [6, 6.07) is 13.6. The highest BCUT2D eigenvalue weighted by atomic mass is 16.5. The molecule has 1 amide bonds. The number of ether oxygens (including phenoxy) is 1. The monoisotopic (exact) mass is 393 g/mol. The van der Waals surface area contributed by atoms with Crippen LogP contribution in [0.4, 0.5) is 0 Å². The largest absolute Gasteiger partial charge is 0.484 e. The molecule has 3 aromatic rings. The van der Waals surface area contributed by atoms with Gasteiger partial charge in [-0.05, 0) is 57.2 Å². The van der Waals surface area contributed by atoms with E-state index >= 15 is 0 Å². The van der Waals surface area contributed by atoms with Crippen molar-refractivity contribution in [2.75, 3.05) is 6.61 Å². The third kappa shape index (κ3) is 4.87. The van der Waals surface area contributed by atoms with Gasteiger partial charge in [-0.2, -0.15) is 0 Å². The molecule has 2 aromatic carbocycles. The molecule has 0 aliphatic rings. The topological polar surface area (TPSA) is 92.4 Å². The smallest absolute Gasteiger partial charge is 0.261 e. The van der Waals surface area contributed by atoms with Crippen molar-refractivity contribution < 1.29 is 14.3 Å².